The molecule has 0 aliphatic rings. The van der Waals surface area contributed by atoms with E-state index in [-0.39, 0.29) is 0 Å². The minimum Gasteiger partial charge on any atom is -0.102 e. The van der Waals surface area contributed by atoms with Crippen molar-refractivity contribution < 1.29 is 0 Å². The summed E-state index contributed by atoms with van der Waals surface area (Å²) < 4.78 is 0. The van der Waals surface area contributed by atoms with E-state index in [4.69, 9.17) is 0 Å². The van der Waals surface area contributed by atoms with E-state index >= 15 is 0 Å². The van der Waals surface area contributed by atoms with Crippen LogP contribution in [0, 0.1) is 5.92 Å². The molecule has 64 valence electrons. The molecule has 0 N–H and O–H groups in total. The second-order valence-electron chi connectivity index (χ2n) is 3.42. The summed E-state index contributed by atoms with van der Waals surface area (Å²) >= 11 is 0. The van der Waals surface area contributed by atoms with Crippen LogP contribution in [0.5, 0.6) is 0 Å². The van der Waals surface area contributed by atoms with Gasteiger partial charge in [-0.1, -0.05) is 50.3 Å². The van der Waals surface area contributed by atoms with Crippen molar-refractivity contribution in [3.63, 3.8) is 0 Å². The summed E-state index contributed by atoms with van der Waals surface area (Å²) in [5.41, 5.74) is 1.36. The van der Waals surface area contributed by atoms with Crippen molar-refractivity contribution in [3.8, 4) is 0 Å². The van der Waals surface area contributed by atoms with Crippen molar-refractivity contribution in [2.45, 2.75) is 19.8 Å². The molecule has 0 aliphatic carbocycles. The average Bonchev–Trinajstić information content (AvgIpc) is 2.07. The van der Waals surface area contributed by atoms with Crippen molar-refractivity contribution >= 4 is 0 Å². The van der Waals surface area contributed by atoms with Gasteiger partial charge in [-0.15, -0.1) is 6.58 Å². The highest BCUT2D eigenvalue weighted by Gasteiger charge is 2.10. The van der Waals surface area contributed by atoms with Crippen LogP contribution in [-0.4, -0.2) is 0 Å². The fourth-order valence-corrected chi connectivity index (χ4v) is 1.47. The summed E-state index contributed by atoms with van der Waals surface area (Å²) in [4.78, 5) is 0. The molecule has 0 fully saturated rings. The van der Waals surface area contributed by atoms with Gasteiger partial charge in [0.1, 0.15) is 0 Å². The normalized spacial score (nSPS) is 12.9. The predicted molar refractivity (Wildman–Crippen MR) is 54.2 cm³/mol. The number of hydrogen-bond acceptors (Lipinski definition) is 0. The van der Waals surface area contributed by atoms with E-state index in [1.54, 1.807) is 0 Å². The third-order valence-electron chi connectivity index (χ3n) is 2.16. The monoisotopic (exact) mass is 160 g/mol. The van der Waals surface area contributed by atoms with Crippen LogP contribution in [-0.2, 0) is 0 Å². The Bertz CT molecular complexity index is 233. The van der Waals surface area contributed by atoms with Gasteiger partial charge in [0, 0.05) is 5.92 Å². The van der Waals surface area contributed by atoms with Gasteiger partial charge in [-0.2, -0.15) is 0 Å². The van der Waals surface area contributed by atoms with E-state index in [1.165, 1.54) is 5.56 Å². The molecule has 0 heterocycles. The molecule has 12 heavy (non-hydrogen) atoms. The highest BCUT2D eigenvalue weighted by atomic mass is 14.1. The standard InChI is InChI=1S/C12H16/c1-4-12(10(2)3)11-8-6-5-7-9-11/h4-10,12H,1H2,2-3H3/t12-/m0/s1. The lowest BCUT2D eigenvalue weighted by Gasteiger charge is -2.16. The van der Waals surface area contributed by atoms with E-state index in [1.807, 2.05) is 12.1 Å². The summed E-state index contributed by atoms with van der Waals surface area (Å²) in [5, 5.41) is 0. The fraction of sp³-hybridized carbons (Fsp3) is 0.333. The maximum absolute atomic E-state index is 3.86. The Morgan fingerprint density at radius 3 is 2.17 bits per heavy atom. The maximum atomic E-state index is 3.86. The molecular formula is C12H16. The second kappa shape index (κ2) is 4.10. The van der Waals surface area contributed by atoms with Gasteiger partial charge in [0.25, 0.3) is 0 Å². The first-order valence-corrected chi connectivity index (χ1v) is 4.43. The lowest BCUT2D eigenvalue weighted by atomic mass is 9.89. The predicted octanol–water partition coefficient (Wildman–Crippen LogP) is 3.61. The largest absolute Gasteiger partial charge is 0.102 e. The van der Waals surface area contributed by atoms with Crippen LogP contribution in [0.3, 0.4) is 0 Å². The zero-order valence-corrected chi connectivity index (χ0v) is 7.83. The van der Waals surface area contributed by atoms with Gasteiger partial charge >= 0.3 is 0 Å². The fourth-order valence-electron chi connectivity index (χ4n) is 1.47. The Labute approximate surface area is 74.9 Å². The van der Waals surface area contributed by atoms with Crippen molar-refractivity contribution in [2.75, 3.05) is 0 Å². The summed E-state index contributed by atoms with van der Waals surface area (Å²) in [6, 6.07) is 10.5. The third-order valence-corrected chi connectivity index (χ3v) is 2.16. The van der Waals surface area contributed by atoms with E-state index < -0.39 is 0 Å². The van der Waals surface area contributed by atoms with Crippen molar-refractivity contribution in [1.29, 1.82) is 0 Å². The van der Waals surface area contributed by atoms with Gasteiger partial charge in [0.2, 0.25) is 0 Å². The van der Waals surface area contributed by atoms with Gasteiger partial charge in [-0.3, -0.25) is 0 Å². The van der Waals surface area contributed by atoms with Crippen LogP contribution >= 0.6 is 0 Å². The average molecular weight is 160 g/mol. The quantitative estimate of drug-likeness (QED) is 0.592. The smallest absolute Gasteiger partial charge is 0.00383 e. The van der Waals surface area contributed by atoms with E-state index in [9.17, 15) is 0 Å². The Balaban J connectivity index is 2.88. The Morgan fingerprint density at radius 1 is 1.17 bits per heavy atom. The highest BCUT2D eigenvalue weighted by molar-refractivity contribution is 5.23. The highest BCUT2D eigenvalue weighted by Crippen LogP contribution is 2.24. The van der Waals surface area contributed by atoms with Gasteiger partial charge in [-0.05, 0) is 11.5 Å². The molecule has 0 saturated carbocycles. The molecule has 0 spiro atoms. The molecule has 0 nitrogen and oxygen atoms in total. The molecule has 0 heteroatoms. The molecule has 1 atom stereocenters. The van der Waals surface area contributed by atoms with Crippen molar-refractivity contribution in [2.24, 2.45) is 5.92 Å². The van der Waals surface area contributed by atoms with Crippen LogP contribution in [0.2, 0.25) is 0 Å². The van der Waals surface area contributed by atoms with Gasteiger partial charge in [0.15, 0.2) is 0 Å². The Hall–Kier alpha value is -1.04. The number of rotatable bonds is 3. The van der Waals surface area contributed by atoms with E-state index in [2.05, 4.69) is 44.7 Å². The van der Waals surface area contributed by atoms with Gasteiger partial charge in [0.05, 0.1) is 0 Å². The Kier molecular flexibility index (Phi) is 3.09. The summed E-state index contributed by atoms with van der Waals surface area (Å²) in [6.07, 6.45) is 2.03. The molecule has 0 amide bonds. The lowest BCUT2D eigenvalue weighted by molar-refractivity contribution is 0.579. The molecule has 0 unspecified atom stereocenters. The van der Waals surface area contributed by atoms with Crippen molar-refractivity contribution in [1.82, 2.24) is 0 Å². The number of allylic oxidation sites excluding steroid dienone is 1. The second-order valence-corrected chi connectivity index (χ2v) is 3.42. The van der Waals surface area contributed by atoms with Crippen LogP contribution in [0.15, 0.2) is 43.0 Å². The SMILES string of the molecule is C=C[C@H](c1ccccc1)C(C)C. The van der Waals surface area contributed by atoms with Gasteiger partial charge < -0.3 is 0 Å². The first kappa shape index (κ1) is 9.05. The molecular weight excluding hydrogens is 144 g/mol. The summed E-state index contributed by atoms with van der Waals surface area (Å²) in [5.74, 6) is 1.12. The zero-order valence-electron chi connectivity index (χ0n) is 7.83. The third kappa shape index (κ3) is 1.97. The molecule has 1 aromatic rings. The van der Waals surface area contributed by atoms with E-state index in [0.717, 1.165) is 0 Å². The van der Waals surface area contributed by atoms with E-state index in [0.29, 0.717) is 11.8 Å². The summed E-state index contributed by atoms with van der Waals surface area (Å²) in [7, 11) is 0. The summed E-state index contributed by atoms with van der Waals surface area (Å²) in [6.45, 7) is 8.30. The molecule has 0 saturated heterocycles. The molecule has 0 aliphatic heterocycles. The minimum atomic E-state index is 0.492. The molecule has 0 bridgehead atoms. The Morgan fingerprint density at radius 2 is 1.75 bits per heavy atom. The zero-order chi connectivity index (χ0) is 8.97. The topological polar surface area (TPSA) is 0 Å². The van der Waals surface area contributed by atoms with Crippen molar-refractivity contribution in [3.05, 3.63) is 48.6 Å². The molecule has 0 radical (unpaired) electrons. The van der Waals surface area contributed by atoms with Gasteiger partial charge in [-0.25, -0.2) is 0 Å². The first-order valence-electron chi connectivity index (χ1n) is 4.43. The molecule has 1 aromatic carbocycles. The lowest BCUT2D eigenvalue weighted by Crippen LogP contribution is -2.02. The van der Waals surface area contributed by atoms with Crippen LogP contribution in [0.4, 0.5) is 0 Å². The first-order chi connectivity index (χ1) is 5.75. The number of hydrogen-bond donors (Lipinski definition) is 0. The minimum absolute atomic E-state index is 0.492. The molecule has 1 rings (SSSR count). The van der Waals surface area contributed by atoms with Crippen LogP contribution in [0.1, 0.15) is 25.3 Å². The van der Waals surface area contributed by atoms with Crippen LogP contribution in [0.25, 0.3) is 0 Å². The maximum Gasteiger partial charge on any atom is 0.00383 e. The van der Waals surface area contributed by atoms with Crippen LogP contribution < -0.4 is 0 Å². The molecule has 0 aromatic heterocycles. The number of benzene rings is 1.